The zero-order valence-corrected chi connectivity index (χ0v) is 8.80. The molecule has 2 rings (SSSR count). The highest BCUT2D eigenvalue weighted by Gasteiger charge is 2.34. The Labute approximate surface area is 81.0 Å². The molecular formula is C13H18. The lowest BCUT2D eigenvalue weighted by Crippen LogP contribution is -1.97. The van der Waals surface area contributed by atoms with Gasteiger partial charge in [0.1, 0.15) is 0 Å². The molecule has 0 aromatic rings. The molecule has 0 radical (unpaired) electrons. The Morgan fingerprint density at radius 2 is 2.23 bits per heavy atom. The fourth-order valence-corrected chi connectivity index (χ4v) is 2.61. The minimum absolute atomic E-state index is 0.778. The highest BCUT2D eigenvalue weighted by Crippen LogP contribution is 2.47. The van der Waals surface area contributed by atoms with Crippen molar-refractivity contribution in [1.29, 1.82) is 0 Å². The van der Waals surface area contributed by atoms with Crippen molar-refractivity contribution < 1.29 is 0 Å². The standard InChI is InChI=1S/C13H18/c1-4-10-6-13-8-12(10)7-11(13)5-9(2)3/h4-5,7,12-13H,6,8H2,1-3H3. The average molecular weight is 174 g/mol. The van der Waals surface area contributed by atoms with Crippen LogP contribution in [0.3, 0.4) is 0 Å². The molecule has 0 aromatic heterocycles. The minimum atomic E-state index is 0.778. The van der Waals surface area contributed by atoms with Crippen LogP contribution in [0.15, 0.2) is 34.9 Å². The van der Waals surface area contributed by atoms with Crippen LogP contribution in [-0.4, -0.2) is 0 Å². The molecule has 2 atom stereocenters. The SMILES string of the molecule is CC=C1CC2CC1C=C2C=C(C)C. The van der Waals surface area contributed by atoms with Crippen molar-refractivity contribution in [1.82, 2.24) is 0 Å². The third-order valence-electron chi connectivity index (χ3n) is 3.19. The minimum Gasteiger partial charge on any atom is -0.0878 e. The molecule has 0 heteroatoms. The third kappa shape index (κ3) is 1.50. The predicted molar refractivity (Wildman–Crippen MR) is 57.5 cm³/mol. The van der Waals surface area contributed by atoms with E-state index in [1.165, 1.54) is 18.4 Å². The first-order valence-electron chi connectivity index (χ1n) is 5.22. The van der Waals surface area contributed by atoms with Gasteiger partial charge in [-0.05, 0) is 51.0 Å². The normalized spacial score (nSPS) is 33.8. The molecule has 2 aliphatic rings. The predicted octanol–water partition coefficient (Wildman–Crippen LogP) is 3.87. The molecule has 0 aromatic carbocycles. The Bertz CT molecular complexity index is 298. The summed E-state index contributed by atoms with van der Waals surface area (Å²) >= 11 is 0. The summed E-state index contributed by atoms with van der Waals surface area (Å²) < 4.78 is 0. The van der Waals surface area contributed by atoms with Crippen molar-refractivity contribution in [2.45, 2.75) is 33.6 Å². The van der Waals surface area contributed by atoms with Gasteiger partial charge < -0.3 is 0 Å². The Balaban J connectivity index is 2.22. The number of allylic oxidation sites excluding steroid dienone is 6. The summed E-state index contributed by atoms with van der Waals surface area (Å²) in [6.07, 6.45) is 9.82. The van der Waals surface area contributed by atoms with Gasteiger partial charge in [-0.3, -0.25) is 0 Å². The number of rotatable bonds is 1. The fraction of sp³-hybridized carbons (Fsp3) is 0.538. The lowest BCUT2D eigenvalue weighted by molar-refractivity contribution is 0.673. The van der Waals surface area contributed by atoms with Crippen molar-refractivity contribution in [3.05, 3.63) is 34.9 Å². The van der Waals surface area contributed by atoms with Gasteiger partial charge in [0.25, 0.3) is 0 Å². The maximum absolute atomic E-state index is 2.47. The van der Waals surface area contributed by atoms with E-state index in [4.69, 9.17) is 0 Å². The second-order valence-corrected chi connectivity index (χ2v) is 4.50. The lowest BCUT2D eigenvalue weighted by atomic mass is 9.93. The second kappa shape index (κ2) is 3.17. The molecule has 2 unspecified atom stereocenters. The van der Waals surface area contributed by atoms with E-state index >= 15 is 0 Å². The van der Waals surface area contributed by atoms with Gasteiger partial charge in [0.2, 0.25) is 0 Å². The van der Waals surface area contributed by atoms with Crippen LogP contribution in [0.4, 0.5) is 0 Å². The van der Waals surface area contributed by atoms with Crippen LogP contribution >= 0.6 is 0 Å². The lowest BCUT2D eigenvalue weighted by Gasteiger charge is -2.12. The van der Waals surface area contributed by atoms with Crippen molar-refractivity contribution in [3.63, 3.8) is 0 Å². The Kier molecular flexibility index (Phi) is 2.15. The van der Waals surface area contributed by atoms with Crippen molar-refractivity contribution >= 4 is 0 Å². The molecule has 0 spiro atoms. The maximum atomic E-state index is 2.47. The van der Waals surface area contributed by atoms with Gasteiger partial charge in [-0.2, -0.15) is 0 Å². The molecule has 0 N–H and O–H groups in total. The van der Waals surface area contributed by atoms with E-state index in [2.05, 4.69) is 39.0 Å². The highest BCUT2D eigenvalue weighted by atomic mass is 14.4. The van der Waals surface area contributed by atoms with Crippen LogP contribution in [0.1, 0.15) is 33.6 Å². The van der Waals surface area contributed by atoms with Gasteiger partial charge in [-0.1, -0.05) is 29.4 Å². The molecule has 70 valence electrons. The summed E-state index contributed by atoms with van der Waals surface area (Å²) in [5.41, 5.74) is 4.69. The van der Waals surface area contributed by atoms with Crippen molar-refractivity contribution in [3.8, 4) is 0 Å². The molecule has 1 fully saturated rings. The first-order chi connectivity index (χ1) is 6.20. The molecule has 0 heterocycles. The molecule has 13 heavy (non-hydrogen) atoms. The van der Waals surface area contributed by atoms with Gasteiger partial charge in [-0.15, -0.1) is 0 Å². The summed E-state index contributed by atoms with van der Waals surface area (Å²) in [5, 5.41) is 0. The third-order valence-corrected chi connectivity index (χ3v) is 3.19. The topological polar surface area (TPSA) is 0 Å². The van der Waals surface area contributed by atoms with E-state index in [1.54, 1.807) is 11.1 Å². The second-order valence-electron chi connectivity index (χ2n) is 4.50. The number of fused-ring (bicyclic) bond motifs is 2. The van der Waals surface area contributed by atoms with Crippen molar-refractivity contribution in [2.24, 2.45) is 11.8 Å². The van der Waals surface area contributed by atoms with E-state index in [-0.39, 0.29) is 0 Å². The molecule has 0 saturated heterocycles. The zero-order chi connectivity index (χ0) is 9.42. The van der Waals surface area contributed by atoms with Gasteiger partial charge in [-0.25, -0.2) is 0 Å². The van der Waals surface area contributed by atoms with E-state index < -0.39 is 0 Å². The Hall–Kier alpha value is -0.780. The summed E-state index contributed by atoms with van der Waals surface area (Å²) in [7, 11) is 0. The van der Waals surface area contributed by atoms with E-state index in [0.29, 0.717) is 0 Å². The molecule has 2 aliphatic carbocycles. The van der Waals surface area contributed by atoms with E-state index in [1.807, 2.05) is 0 Å². The number of hydrogen-bond donors (Lipinski definition) is 0. The monoisotopic (exact) mass is 174 g/mol. The van der Waals surface area contributed by atoms with Crippen LogP contribution in [0, 0.1) is 11.8 Å². The first kappa shape index (κ1) is 8.80. The van der Waals surface area contributed by atoms with Crippen LogP contribution in [0.2, 0.25) is 0 Å². The Morgan fingerprint density at radius 3 is 2.69 bits per heavy atom. The first-order valence-corrected chi connectivity index (χ1v) is 5.22. The fourth-order valence-electron chi connectivity index (χ4n) is 2.61. The molecule has 1 saturated carbocycles. The van der Waals surface area contributed by atoms with Crippen LogP contribution in [-0.2, 0) is 0 Å². The van der Waals surface area contributed by atoms with Gasteiger partial charge >= 0.3 is 0 Å². The van der Waals surface area contributed by atoms with Gasteiger partial charge in [0, 0.05) is 0 Å². The maximum Gasteiger partial charge on any atom is -0.00113 e. The molecule has 0 amide bonds. The van der Waals surface area contributed by atoms with Gasteiger partial charge in [0.05, 0.1) is 0 Å². The Morgan fingerprint density at radius 1 is 1.46 bits per heavy atom. The molecular weight excluding hydrogens is 156 g/mol. The molecule has 0 nitrogen and oxygen atoms in total. The highest BCUT2D eigenvalue weighted by molar-refractivity contribution is 5.39. The number of hydrogen-bond acceptors (Lipinski definition) is 0. The van der Waals surface area contributed by atoms with E-state index in [0.717, 1.165) is 11.8 Å². The summed E-state index contributed by atoms with van der Waals surface area (Å²) in [6.45, 7) is 6.54. The smallest absolute Gasteiger partial charge is 0.00113 e. The molecule has 2 bridgehead atoms. The summed E-state index contributed by atoms with van der Waals surface area (Å²) in [4.78, 5) is 0. The van der Waals surface area contributed by atoms with Crippen LogP contribution in [0.5, 0.6) is 0 Å². The van der Waals surface area contributed by atoms with Crippen molar-refractivity contribution in [2.75, 3.05) is 0 Å². The summed E-state index contributed by atoms with van der Waals surface area (Å²) in [5.74, 6) is 1.62. The van der Waals surface area contributed by atoms with Crippen LogP contribution < -0.4 is 0 Å². The van der Waals surface area contributed by atoms with E-state index in [9.17, 15) is 0 Å². The quantitative estimate of drug-likeness (QED) is 0.529. The summed E-state index contributed by atoms with van der Waals surface area (Å²) in [6, 6.07) is 0. The largest absolute Gasteiger partial charge is 0.0878 e. The van der Waals surface area contributed by atoms with Gasteiger partial charge in [0.15, 0.2) is 0 Å². The average Bonchev–Trinajstić information content (AvgIpc) is 2.60. The molecule has 0 aliphatic heterocycles. The van der Waals surface area contributed by atoms with Crippen LogP contribution in [0.25, 0.3) is 0 Å². The zero-order valence-electron chi connectivity index (χ0n) is 8.80.